The van der Waals surface area contributed by atoms with Gasteiger partial charge in [0.2, 0.25) is 5.91 Å². The van der Waals surface area contributed by atoms with Crippen molar-refractivity contribution in [2.24, 2.45) is 5.92 Å². The highest BCUT2D eigenvalue weighted by Crippen LogP contribution is 2.21. The number of amides is 1. The van der Waals surface area contributed by atoms with Gasteiger partial charge in [-0.05, 0) is 25.5 Å². The molecule has 18 heavy (non-hydrogen) atoms. The van der Waals surface area contributed by atoms with Crippen molar-refractivity contribution in [2.75, 3.05) is 11.9 Å². The first kappa shape index (κ1) is 12.5. The van der Waals surface area contributed by atoms with Gasteiger partial charge in [-0.15, -0.1) is 0 Å². The molecule has 6 nitrogen and oxygen atoms in total. The number of nitrogens with zero attached hydrogens (tertiary/aromatic N) is 1. The van der Waals surface area contributed by atoms with Crippen LogP contribution >= 0.6 is 0 Å². The second kappa shape index (κ2) is 5.14. The van der Waals surface area contributed by atoms with Crippen molar-refractivity contribution in [1.82, 2.24) is 4.98 Å². The molecule has 1 aliphatic rings. The number of carbonyl (C=O) groups excluding carboxylic acids is 1. The molecule has 0 radical (unpaired) electrons. The Morgan fingerprint density at radius 1 is 1.50 bits per heavy atom. The van der Waals surface area contributed by atoms with Gasteiger partial charge in [-0.3, -0.25) is 4.79 Å². The average molecular weight is 250 g/mol. The number of aromatic carboxylic acids is 1. The van der Waals surface area contributed by atoms with Gasteiger partial charge < -0.3 is 15.2 Å². The van der Waals surface area contributed by atoms with Gasteiger partial charge in [0, 0.05) is 12.8 Å². The van der Waals surface area contributed by atoms with Gasteiger partial charge in [-0.1, -0.05) is 0 Å². The van der Waals surface area contributed by atoms with Gasteiger partial charge in [0.15, 0.2) is 0 Å². The fourth-order valence-corrected chi connectivity index (χ4v) is 1.89. The largest absolute Gasteiger partial charge is 0.478 e. The maximum atomic E-state index is 11.9. The number of ether oxygens (including phenoxy) is 1. The summed E-state index contributed by atoms with van der Waals surface area (Å²) < 4.78 is 5.32. The zero-order valence-corrected chi connectivity index (χ0v) is 9.92. The van der Waals surface area contributed by atoms with Crippen molar-refractivity contribution >= 4 is 17.7 Å². The van der Waals surface area contributed by atoms with Crippen LogP contribution in [0, 0.1) is 5.92 Å². The lowest BCUT2D eigenvalue weighted by molar-refractivity contribution is -0.121. The Kier molecular flexibility index (Phi) is 3.57. The number of pyridine rings is 1. The fourth-order valence-electron chi connectivity index (χ4n) is 1.89. The number of hydrogen-bond acceptors (Lipinski definition) is 4. The van der Waals surface area contributed by atoms with Crippen LogP contribution in [0.3, 0.4) is 0 Å². The predicted molar refractivity (Wildman–Crippen MR) is 63.3 cm³/mol. The minimum absolute atomic E-state index is 0.0885. The van der Waals surface area contributed by atoms with Crippen molar-refractivity contribution in [1.29, 1.82) is 0 Å². The summed E-state index contributed by atoms with van der Waals surface area (Å²) in [4.78, 5) is 26.4. The fraction of sp³-hybridized carbons (Fsp3) is 0.417. The van der Waals surface area contributed by atoms with E-state index in [2.05, 4.69) is 10.3 Å². The average Bonchev–Trinajstić information content (AvgIpc) is 2.76. The number of rotatable bonds is 3. The van der Waals surface area contributed by atoms with E-state index in [0.29, 0.717) is 18.8 Å². The van der Waals surface area contributed by atoms with E-state index in [1.165, 1.54) is 18.3 Å². The highest BCUT2D eigenvalue weighted by molar-refractivity contribution is 5.93. The predicted octanol–water partition coefficient (Wildman–Crippen LogP) is 1.14. The van der Waals surface area contributed by atoms with E-state index in [1.54, 1.807) is 0 Å². The van der Waals surface area contributed by atoms with E-state index < -0.39 is 5.97 Å². The molecule has 6 heteroatoms. The van der Waals surface area contributed by atoms with Crippen molar-refractivity contribution in [3.63, 3.8) is 0 Å². The van der Waals surface area contributed by atoms with Crippen LogP contribution in [0.4, 0.5) is 5.82 Å². The van der Waals surface area contributed by atoms with E-state index >= 15 is 0 Å². The van der Waals surface area contributed by atoms with Gasteiger partial charge >= 0.3 is 5.97 Å². The summed E-state index contributed by atoms with van der Waals surface area (Å²) in [5.74, 6) is -1.01. The van der Waals surface area contributed by atoms with Crippen LogP contribution in [0.15, 0.2) is 18.3 Å². The summed E-state index contributed by atoms with van der Waals surface area (Å²) in [5, 5.41) is 11.4. The quantitative estimate of drug-likeness (QED) is 0.839. The Morgan fingerprint density at radius 3 is 2.78 bits per heavy atom. The van der Waals surface area contributed by atoms with E-state index in [4.69, 9.17) is 9.84 Å². The molecule has 1 aromatic heterocycles. The lowest BCUT2D eigenvalue weighted by Crippen LogP contribution is -2.28. The van der Waals surface area contributed by atoms with E-state index in [0.717, 1.165) is 0 Å². The number of carboxylic acids is 1. The molecule has 2 N–H and O–H groups in total. The van der Waals surface area contributed by atoms with Gasteiger partial charge in [0.05, 0.1) is 17.6 Å². The molecule has 1 fully saturated rings. The zero-order valence-electron chi connectivity index (χ0n) is 9.92. The summed E-state index contributed by atoms with van der Waals surface area (Å²) in [5.41, 5.74) is 0.0885. The second-order valence-corrected chi connectivity index (χ2v) is 4.20. The van der Waals surface area contributed by atoms with Crippen molar-refractivity contribution < 1.29 is 19.4 Å². The van der Waals surface area contributed by atoms with Gasteiger partial charge in [0.1, 0.15) is 5.82 Å². The lowest BCUT2D eigenvalue weighted by Gasteiger charge is -2.13. The van der Waals surface area contributed by atoms with E-state index in [9.17, 15) is 9.59 Å². The summed E-state index contributed by atoms with van der Waals surface area (Å²) >= 11 is 0. The number of nitrogens with one attached hydrogen (secondary N) is 1. The first-order chi connectivity index (χ1) is 8.58. The molecule has 2 atom stereocenters. The number of anilines is 1. The summed E-state index contributed by atoms with van der Waals surface area (Å²) in [6, 6.07) is 2.88. The molecule has 96 valence electrons. The molecule has 1 aromatic rings. The van der Waals surface area contributed by atoms with Gasteiger partial charge in [-0.2, -0.15) is 0 Å². The number of hydrogen-bond donors (Lipinski definition) is 2. The topological polar surface area (TPSA) is 88.5 Å². The minimum Gasteiger partial charge on any atom is -0.478 e. The molecular weight excluding hydrogens is 236 g/mol. The molecule has 0 spiro atoms. The molecule has 0 bridgehead atoms. The monoisotopic (exact) mass is 250 g/mol. The van der Waals surface area contributed by atoms with Crippen LogP contribution in [-0.4, -0.2) is 34.7 Å². The maximum absolute atomic E-state index is 11.9. The van der Waals surface area contributed by atoms with Gasteiger partial charge in [0.25, 0.3) is 0 Å². The van der Waals surface area contributed by atoms with Crippen molar-refractivity contribution in [3.05, 3.63) is 23.9 Å². The molecule has 2 rings (SSSR count). The van der Waals surface area contributed by atoms with Crippen molar-refractivity contribution in [2.45, 2.75) is 19.4 Å². The lowest BCUT2D eigenvalue weighted by atomic mass is 10.0. The number of carboxylic acid groups (broad SMARTS) is 1. The molecule has 0 aromatic carbocycles. The molecule has 1 aliphatic heterocycles. The van der Waals surface area contributed by atoms with Crippen LogP contribution in [0.5, 0.6) is 0 Å². The Morgan fingerprint density at radius 2 is 2.28 bits per heavy atom. The number of carbonyl (C=O) groups is 2. The van der Waals surface area contributed by atoms with Gasteiger partial charge in [-0.25, -0.2) is 9.78 Å². The molecule has 0 saturated carbocycles. The van der Waals surface area contributed by atoms with Crippen LogP contribution in [-0.2, 0) is 9.53 Å². The smallest absolute Gasteiger partial charge is 0.337 e. The molecule has 2 heterocycles. The number of aromatic nitrogens is 1. The molecule has 2 unspecified atom stereocenters. The van der Waals surface area contributed by atoms with E-state index in [1.807, 2.05) is 6.92 Å². The summed E-state index contributed by atoms with van der Waals surface area (Å²) in [7, 11) is 0. The van der Waals surface area contributed by atoms with Crippen LogP contribution in [0.25, 0.3) is 0 Å². The normalized spacial score (nSPS) is 22.7. The second-order valence-electron chi connectivity index (χ2n) is 4.20. The molecule has 1 amide bonds. The highest BCUT2D eigenvalue weighted by Gasteiger charge is 2.30. The standard InChI is InChI=1S/C12H14N2O4/c1-7-9(4-5-18-7)11(15)14-10-3-2-8(6-13-10)12(16)17/h2-3,6-7,9H,4-5H2,1H3,(H,16,17)(H,13,14,15). The summed E-state index contributed by atoms with van der Waals surface area (Å²) in [6.07, 6.45) is 1.82. The SMILES string of the molecule is CC1OCCC1C(=O)Nc1ccc(C(=O)O)cn1. The Bertz CT molecular complexity index is 458. The third-order valence-corrected chi connectivity index (χ3v) is 2.97. The third-order valence-electron chi connectivity index (χ3n) is 2.97. The van der Waals surface area contributed by atoms with Crippen molar-refractivity contribution in [3.8, 4) is 0 Å². The van der Waals surface area contributed by atoms with Crippen LogP contribution < -0.4 is 5.32 Å². The van der Waals surface area contributed by atoms with Crippen LogP contribution in [0.1, 0.15) is 23.7 Å². The maximum Gasteiger partial charge on any atom is 0.337 e. The Hall–Kier alpha value is -1.95. The first-order valence-corrected chi connectivity index (χ1v) is 5.70. The third kappa shape index (κ3) is 2.65. The molecular formula is C12H14N2O4. The zero-order chi connectivity index (χ0) is 13.1. The minimum atomic E-state index is -1.04. The Labute approximate surface area is 104 Å². The first-order valence-electron chi connectivity index (χ1n) is 5.70. The summed E-state index contributed by atoms with van der Waals surface area (Å²) in [6.45, 7) is 2.45. The highest BCUT2D eigenvalue weighted by atomic mass is 16.5. The molecule has 0 aliphatic carbocycles. The Balaban J connectivity index is 2.00. The van der Waals surface area contributed by atoms with E-state index in [-0.39, 0.29) is 23.5 Å². The molecule has 1 saturated heterocycles. The van der Waals surface area contributed by atoms with Crippen LogP contribution in [0.2, 0.25) is 0 Å².